The molecule has 0 spiro atoms. The smallest absolute Gasteiger partial charge is 0.220 e. The second kappa shape index (κ2) is 9.70. The fraction of sp³-hybridized carbons (Fsp3) is 0.500. The van der Waals surface area contributed by atoms with E-state index in [9.17, 15) is 4.79 Å². The molecule has 1 amide bonds. The van der Waals surface area contributed by atoms with Gasteiger partial charge in [0.2, 0.25) is 5.91 Å². The summed E-state index contributed by atoms with van der Waals surface area (Å²) in [6.07, 6.45) is 1.23. The van der Waals surface area contributed by atoms with E-state index in [1.165, 1.54) is 0 Å². The summed E-state index contributed by atoms with van der Waals surface area (Å²) in [5.74, 6) is 0.935. The van der Waals surface area contributed by atoms with Crippen molar-refractivity contribution in [3.63, 3.8) is 0 Å². The molecule has 0 aliphatic heterocycles. The van der Waals surface area contributed by atoms with Crippen LogP contribution in [0.15, 0.2) is 24.3 Å². The minimum atomic E-state index is 0.0865. The van der Waals surface area contributed by atoms with E-state index in [0.717, 1.165) is 17.7 Å². The van der Waals surface area contributed by atoms with Gasteiger partial charge in [-0.15, -0.1) is 0 Å². The average molecular weight is 237 g/mol. The highest BCUT2D eigenvalue weighted by molar-refractivity contribution is 5.76. The number of amides is 1. The van der Waals surface area contributed by atoms with Crippen LogP contribution in [0.25, 0.3) is 0 Å². The Morgan fingerprint density at radius 2 is 1.94 bits per heavy atom. The lowest BCUT2D eigenvalue weighted by Crippen LogP contribution is -2.22. The largest absolute Gasteiger partial charge is 0.496 e. The van der Waals surface area contributed by atoms with Gasteiger partial charge in [0.1, 0.15) is 5.75 Å². The molecule has 0 saturated carbocycles. The third kappa shape index (κ3) is 5.95. The van der Waals surface area contributed by atoms with E-state index in [1.807, 2.05) is 45.0 Å². The second-order valence-corrected chi connectivity index (χ2v) is 3.27. The van der Waals surface area contributed by atoms with Crippen LogP contribution in [0, 0.1) is 0 Å². The monoisotopic (exact) mass is 237 g/mol. The van der Waals surface area contributed by atoms with Crippen LogP contribution in [-0.4, -0.2) is 19.6 Å². The molecule has 0 aliphatic carbocycles. The van der Waals surface area contributed by atoms with E-state index in [4.69, 9.17) is 4.74 Å². The van der Waals surface area contributed by atoms with Crippen LogP contribution in [0.2, 0.25) is 0 Å². The van der Waals surface area contributed by atoms with Crippen molar-refractivity contribution in [3.05, 3.63) is 29.8 Å². The summed E-state index contributed by atoms with van der Waals surface area (Å²) in [4.78, 5) is 11.3. The summed E-state index contributed by atoms with van der Waals surface area (Å²) >= 11 is 0. The first-order valence-corrected chi connectivity index (χ1v) is 6.16. The lowest BCUT2D eigenvalue weighted by molar-refractivity contribution is -0.120. The van der Waals surface area contributed by atoms with E-state index in [2.05, 4.69) is 5.32 Å². The maximum Gasteiger partial charge on any atom is 0.220 e. The predicted molar refractivity (Wildman–Crippen MR) is 71.3 cm³/mol. The van der Waals surface area contributed by atoms with Gasteiger partial charge in [-0.25, -0.2) is 0 Å². The topological polar surface area (TPSA) is 38.3 Å². The Balaban J connectivity index is 0.00000121. The number of rotatable bonds is 5. The Morgan fingerprint density at radius 1 is 1.29 bits per heavy atom. The van der Waals surface area contributed by atoms with E-state index in [-0.39, 0.29) is 5.91 Å². The first-order valence-electron chi connectivity index (χ1n) is 6.16. The normalized spacial score (nSPS) is 8.94. The third-order valence-electron chi connectivity index (χ3n) is 2.19. The van der Waals surface area contributed by atoms with Gasteiger partial charge in [-0.3, -0.25) is 4.79 Å². The summed E-state index contributed by atoms with van der Waals surface area (Å²) in [5, 5.41) is 2.77. The number of hydrogen-bond acceptors (Lipinski definition) is 2. The highest BCUT2D eigenvalue weighted by atomic mass is 16.5. The molecule has 1 N–H and O–H groups in total. The Hall–Kier alpha value is -1.51. The number of nitrogens with one attached hydrogen (secondary N) is 1. The Kier molecular flexibility index (Phi) is 8.84. The van der Waals surface area contributed by atoms with Crippen LogP contribution in [0.1, 0.15) is 32.8 Å². The van der Waals surface area contributed by atoms with Crippen molar-refractivity contribution in [1.29, 1.82) is 0 Å². The molecule has 1 aromatic rings. The average Bonchev–Trinajstić information content (AvgIpc) is 2.39. The first kappa shape index (κ1) is 15.5. The van der Waals surface area contributed by atoms with Gasteiger partial charge in [-0.05, 0) is 25.0 Å². The number of ether oxygens (including phenoxy) is 1. The quantitative estimate of drug-likeness (QED) is 0.855. The van der Waals surface area contributed by atoms with Gasteiger partial charge in [0, 0.05) is 13.0 Å². The third-order valence-corrected chi connectivity index (χ3v) is 2.19. The lowest BCUT2D eigenvalue weighted by atomic mass is 10.1. The van der Waals surface area contributed by atoms with Gasteiger partial charge in [-0.2, -0.15) is 0 Å². The predicted octanol–water partition coefficient (Wildman–Crippen LogP) is 2.79. The fourth-order valence-electron chi connectivity index (χ4n) is 1.44. The first-order chi connectivity index (χ1) is 8.27. The number of hydrogen-bond donors (Lipinski definition) is 1. The molecule has 0 aliphatic rings. The zero-order chi connectivity index (χ0) is 13.1. The van der Waals surface area contributed by atoms with Crippen molar-refractivity contribution in [2.75, 3.05) is 13.7 Å². The van der Waals surface area contributed by atoms with Gasteiger partial charge < -0.3 is 10.1 Å². The van der Waals surface area contributed by atoms with E-state index in [0.29, 0.717) is 13.0 Å². The molecular weight excluding hydrogens is 214 g/mol. The zero-order valence-electron chi connectivity index (χ0n) is 11.2. The highest BCUT2D eigenvalue weighted by Crippen LogP contribution is 2.18. The maximum atomic E-state index is 11.3. The highest BCUT2D eigenvalue weighted by Gasteiger charge is 2.04. The van der Waals surface area contributed by atoms with Gasteiger partial charge in [0.15, 0.2) is 0 Å². The molecule has 3 heteroatoms. The minimum absolute atomic E-state index is 0.0865. The Labute approximate surface area is 104 Å². The van der Waals surface area contributed by atoms with E-state index in [1.54, 1.807) is 7.11 Å². The summed E-state index contributed by atoms with van der Waals surface area (Å²) in [5.41, 5.74) is 1.08. The molecule has 0 radical (unpaired) electrons. The molecule has 0 aromatic heterocycles. The minimum Gasteiger partial charge on any atom is -0.496 e. The summed E-state index contributed by atoms with van der Waals surface area (Å²) in [6, 6.07) is 7.77. The number of para-hydroxylation sites is 1. The number of carbonyl (C=O) groups excluding carboxylic acids is 1. The van der Waals surface area contributed by atoms with Crippen molar-refractivity contribution >= 4 is 5.91 Å². The molecule has 1 aromatic carbocycles. The van der Waals surface area contributed by atoms with Gasteiger partial charge in [-0.1, -0.05) is 32.0 Å². The molecule has 0 unspecified atom stereocenters. The van der Waals surface area contributed by atoms with Gasteiger partial charge in [0.25, 0.3) is 0 Å². The standard InChI is InChI=1S/C12H17NO2.C2H6/c1-3-13-12(14)9-8-10-6-4-5-7-11(10)15-2;1-2/h4-7H,3,8-9H2,1-2H3,(H,13,14);1-2H3. The molecule has 0 heterocycles. The molecule has 96 valence electrons. The van der Waals surface area contributed by atoms with Crippen molar-refractivity contribution in [1.82, 2.24) is 5.32 Å². The van der Waals surface area contributed by atoms with E-state index >= 15 is 0 Å². The second-order valence-electron chi connectivity index (χ2n) is 3.27. The maximum absolute atomic E-state index is 11.3. The van der Waals surface area contributed by atoms with Crippen molar-refractivity contribution in [2.24, 2.45) is 0 Å². The number of carbonyl (C=O) groups is 1. The Morgan fingerprint density at radius 3 is 2.53 bits per heavy atom. The van der Waals surface area contributed by atoms with Gasteiger partial charge >= 0.3 is 0 Å². The van der Waals surface area contributed by atoms with Crippen LogP contribution in [0.4, 0.5) is 0 Å². The summed E-state index contributed by atoms with van der Waals surface area (Å²) in [7, 11) is 1.64. The Bertz CT molecular complexity index is 324. The molecule has 3 nitrogen and oxygen atoms in total. The summed E-state index contributed by atoms with van der Waals surface area (Å²) < 4.78 is 5.21. The molecule has 0 fully saturated rings. The molecule has 17 heavy (non-hydrogen) atoms. The van der Waals surface area contributed by atoms with Gasteiger partial charge in [0.05, 0.1) is 7.11 Å². The molecule has 0 bridgehead atoms. The van der Waals surface area contributed by atoms with E-state index < -0.39 is 0 Å². The van der Waals surface area contributed by atoms with Crippen molar-refractivity contribution in [3.8, 4) is 5.75 Å². The van der Waals surface area contributed by atoms with Crippen LogP contribution in [0.5, 0.6) is 5.75 Å². The van der Waals surface area contributed by atoms with Crippen LogP contribution >= 0.6 is 0 Å². The zero-order valence-corrected chi connectivity index (χ0v) is 11.2. The lowest BCUT2D eigenvalue weighted by Gasteiger charge is -2.07. The fourth-order valence-corrected chi connectivity index (χ4v) is 1.44. The molecule has 0 saturated heterocycles. The number of benzene rings is 1. The van der Waals surface area contributed by atoms with Crippen molar-refractivity contribution < 1.29 is 9.53 Å². The molecule has 1 rings (SSSR count). The summed E-state index contributed by atoms with van der Waals surface area (Å²) in [6.45, 7) is 6.60. The molecule has 0 atom stereocenters. The SMILES string of the molecule is CC.CCNC(=O)CCc1ccccc1OC. The van der Waals surface area contributed by atoms with Crippen LogP contribution < -0.4 is 10.1 Å². The van der Waals surface area contributed by atoms with Crippen LogP contribution in [-0.2, 0) is 11.2 Å². The number of aryl methyl sites for hydroxylation is 1. The molecular formula is C14H23NO2. The van der Waals surface area contributed by atoms with Crippen LogP contribution in [0.3, 0.4) is 0 Å². The van der Waals surface area contributed by atoms with Crippen molar-refractivity contribution in [2.45, 2.75) is 33.6 Å². The number of methoxy groups -OCH3 is 1.